The number of amides is 1. The zero-order valence-corrected chi connectivity index (χ0v) is 15.6. The van der Waals surface area contributed by atoms with Crippen molar-refractivity contribution in [3.05, 3.63) is 0 Å². The summed E-state index contributed by atoms with van der Waals surface area (Å²) in [6.45, 7) is 13.1. The second kappa shape index (κ2) is 6.66. The molecular weight excluding hydrogens is 300 g/mol. The van der Waals surface area contributed by atoms with Crippen LogP contribution < -0.4 is 5.73 Å². The van der Waals surface area contributed by atoms with Crippen molar-refractivity contribution in [2.75, 3.05) is 19.7 Å². The molecule has 2 atom stereocenters. The van der Waals surface area contributed by atoms with Crippen molar-refractivity contribution < 1.29 is 9.53 Å². The Morgan fingerprint density at radius 1 is 1.23 bits per heavy atom. The maximum absolute atomic E-state index is 12.9. The normalized spacial score (nSPS) is 32.8. The average molecular weight is 333 g/mol. The van der Waals surface area contributed by atoms with Crippen molar-refractivity contribution in [1.82, 2.24) is 4.90 Å². The van der Waals surface area contributed by atoms with E-state index in [4.69, 9.17) is 10.5 Å². The lowest BCUT2D eigenvalue weighted by Gasteiger charge is -2.59. The van der Waals surface area contributed by atoms with Crippen molar-refractivity contribution >= 4 is 18.3 Å². The first-order chi connectivity index (χ1) is 9.70. The minimum absolute atomic E-state index is 0. The molecule has 0 radical (unpaired) electrons. The molecule has 1 heterocycles. The number of nitrogens with two attached hydrogens (primary N) is 1. The largest absolute Gasteiger partial charge is 0.378 e. The Bertz CT molecular complexity index is 405. The molecule has 2 aliphatic rings. The molecule has 130 valence electrons. The molecule has 2 fully saturated rings. The van der Waals surface area contributed by atoms with Gasteiger partial charge in [0.1, 0.15) is 5.54 Å². The third kappa shape index (κ3) is 3.02. The van der Waals surface area contributed by atoms with E-state index in [1.165, 1.54) is 6.42 Å². The van der Waals surface area contributed by atoms with Crippen LogP contribution in [-0.4, -0.2) is 42.1 Å². The van der Waals surface area contributed by atoms with Crippen LogP contribution in [0.25, 0.3) is 0 Å². The van der Waals surface area contributed by atoms with E-state index < -0.39 is 5.54 Å². The van der Waals surface area contributed by atoms with Gasteiger partial charge < -0.3 is 15.4 Å². The van der Waals surface area contributed by atoms with E-state index in [2.05, 4.69) is 27.7 Å². The van der Waals surface area contributed by atoms with E-state index >= 15 is 0 Å². The summed E-state index contributed by atoms with van der Waals surface area (Å²) in [5, 5.41) is 0. The van der Waals surface area contributed by atoms with Crippen LogP contribution >= 0.6 is 12.4 Å². The molecule has 1 aliphatic heterocycles. The topological polar surface area (TPSA) is 55.6 Å². The van der Waals surface area contributed by atoms with Crippen LogP contribution in [-0.2, 0) is 9.53 Å². The van der Waals surface area contributed by atoms with E-state index in [0.717, 1.165) is 25.9 Å². The molecule has 1 amide bonds. The van der Waals surface area contributed by atoms with Gasteiger partial charge in [0.15, 0.2) is 0 Å². The van der Waals surface area contributed by atoms with Crippen LogP contribution in [0.2, 0.25) is 0 Å². The lowest BCUT2D eigenvalue weighted by atomic mass is 9.54. The molecule has 0 spiro atoms. The van der Waals surface area contributed by atoms with E-state index in [1.807, 2.05) is 11.8 Å². The fraction of sp³-hybridized carbons (Fsp3) is 0.941. The second-order valence-corrected chi connectivity index (χ2v) is 7.80. The molecule has 2 rings (SSSR count). The molecule has 0 bridgehead atoms. The van der Waals surface area contributed by atoms with Crippen LogP contribution in [0.3, 0.4) is 0 Å². The number of halogens is 1. The maximum Gasteiger partial charge on any atom is 0.243 e. The van der Waals surface area contributed by atoms with Crippen molar-refractivity contribution in [2.24, 2.45) is 16.6 Å². The Morgan fingerprint density at radius 2 is 1.77 bits per heavy atom. The fourth-order valence-electron chi connectivity index (χ4n) is 3.68. The smallest absolute Gasteiger partial charge is 0.243 e. The quantitative estimate of drug-likeness (QED) is 0.861. The summed E-state index contributed by atoms with van der Waals surface area (Å²) in [5.41, 5.74) is 5.85. The SMILES string of the molecule is CCOC1CC(N)(C(=O)N2CCC(C)(CC)CC2)C1(C)C.Cl. The molecule has 2 N–H and O–H groups in total. The van der Waals surface area contributed by atoms with Gasteiger partial charge in [0.25, 0.3) is 0 Å². The van der Waals surface area contributed by atoms with Gasteiger partial charge >= 0.3 is 0 Å². The number of ether oxygens (including phenoxy) is 1. The van der Waals surface area contributed by atoms with Crippen molar-refractivity contribution in [3.63, 3.8) is 0 Å². The first-order valence-electron chi connectivity index (χ1n) is 8.40. The minimum Gasteiger partial charge on any atom is -0.378 e. The second-order valence-electron chi connectivity index (χ2n) is 7.80. The monoisotopic (exact) mass is 332 g/mol. The summed E-state index contributed by atoms with van der Waals surface area (Å²) in [6, 6.07) is 0. The zero-order chi connectivity index (χ0) is 15.9. The van der Waals surface area contributed by atoms with Gasteiger partial charge in [-0.2, -0.15) is 0 Å². The molecule has 1 aliphatic carbocycles. The molecule has 22 heavy (non-hydrogen) atoms. The van der Waals surface area contributed by atoms with Gasteiger partial charge in [-0.1, -0.05) is 34.1 Å². The number of hydrogen-bond acceptors (Lipinski definition) is 3. The summed E-state index contributed by atoms with van der Waals surface area (Å²) in [6.07, 6.45) is 4.10. The molecule has 0 aromatic heterocycles. The van der Waals surface area contributed by atoms with Crippen LogP contribution in [0, 0.1) is 10.8 Å². The molecule has 1 saturated carbocycles. The first-order valence-corrected chi connectivity index (χ1v) is 8.40. The summed E-state index contributed by atoms with van der Waals surface area (Å²) < 4.78 is 5.73. The number of rotatable bonds is 4. The van der Waals surface area contributed by atoms with Crippen molar-refractivity contribution in [3.8, 4) is 0 Å². The number of likely N-dealkylation sites (tertiary alicyclic amines) is 1. The predicted octanol–water partition coefficient (Wildman–Crippen LogP) is 2.98. The van der Waals surface area contributed by atoms with Gasteiger partial charge in [-0.15, -0.1) is 12.4 Å². The van der Waals surface area contributed by atoms with Gasteiger partial charge in [0.2, 0.25) is 5.91 Å². The van der Waals surface area contributed by atoms with Crippen LogP contribution in [0.15, 0.2) is 0 Å². The molecule has 2 unspecified atom stereocenters. The van der Waals surface area contributed by atoms with Crippen LogP contribution in [0.1, 0.15) is 60.3 Å². The minimum atomic E-state index is -0.757. The predicted molar refractivity (Wildman–Crippen MR) is 92.2 cm³/mol. The summed E-state index contributed by atoms with van der Waals surface area (Å²) >= 11 is 0. The standard InChI is InChI=1S/C17H32N2O2.ClH/c1-6-16(5)8-10-19(11-9-16)14(20)17(18)12-13(21-7-2)15(17,3)4;/h13H,6-12,18H2,1-5H3;1H. The van der Waals surface area contributed by atoms with Crippen LogP contribution in [0.4, 0.5) is 0 Å². The van der Waals surface area contributed by atoms with Crippen molar-refractivity contribution in [2.45, 2.75) is 71.9 Å². The number of piperidine rings is 1. The summed E-state index contributed by atoms with van der Waals surface area (Å²) in [7, 11) is 0. The molecule has 1 saturated heterocycles. The van der Waals surface area contributed by atoms with Gasteiger partial charge in [0.05, 0.1) is 6.10 Å². The fourth-order valence-corrected chi connectivity index (χ4v) is 3.68. The van der Waals surface area contributed by atoms with Gasteiger partial charge in [-0.3, -0.25) is 4.79 Å². The summed E-state index contributed by atoms with van der Waals surface area (Å²) in [4.78, 5) is 14.9. The van der Waals surface area contributed by atoms with E-state index in [0.29, 0.717) is 18.4 Å². The first kappa shape index (κ1) is 19.7. The average Bonchev–Trinajstić information content (AvgIpc) is 2.47. The highest BCUT2D eigenvalue weighted by molar-refractivity contribution is 5.89. The molecule has 0 aromatic rings. The highest BCUT2D eigenvalue weighted by Crippen LogP contribution is 2.51. The Morgan fingerprint density at radius 3 is 2.18 bits per heavy atom. The molecule has 4 nitrogen and oxygen atoms in total. The Hall–Kier alpha value is -0.320. The highest BCUT2D eigenvalue weighted by atomic mass is 35.5. The Kier molecular flexibility index (Phi) is 5.97. The van der Waals surface area contributed by atoms with Gasteiger partial charge in [0, 0.05) is 31.5 Å². The van der Waals surface area contributed by atoms with Gasteiger partial charge in [-0.25, -0.2) is 0 Å². The van der Waals surface area contributed by atoms with Crippen LogP contribution in [0.5, 0.6) is 0 Å². The zero-order valence-electron chi connectivity index (χ0n) is 14.8. The number of carbonyl (C=O) groups is 1. The van der Waals surface area contributed by atoms with E-state index in [9.17, 15) is 4.79 Å². The van der Waals surface area contributed by atoms with E-state index in [-0.39, 0.29) is 29.8 Å². The number of nitrogens with zero attached hydrogens (tertiary/aromatic N) is 1. The number of hydrogen-bond donors (Lipinski definition) is 1. The third-order valence-corrected chi connectivity index (χ3v) is 6.32. The lowest BCUT2D eigenvalue weighted by Crippen LogP contribution is -2.76. The van der Waals surface area contributed by atoms with E-state index in [1.54, 1.807) is 0 Å². The third-order valence-electron chi connectivity index (χ3n) is 6.32. The summed E-state index contributed by atoms with van der Waals surface area (Å²) in [5.74, 6) is 0.126. The van der Waals surface area contributed by atoms with Crippen molar-refractivity contribution in [1.29, 1.82) is 0 Å². The van der Waals surface area contributed by atoms with Gasteiger partial charge in [-0.05, 0) is 25.2 Å². The molecular formula is C17H33ClN2O2. The Labute approximate surface area is 141 Å². The Balaban J connectivity index is 0.00000242. The lowest BCUT2D eigenvalue weighted by molar-refractivity contribution is -0.180. The molecule has 0 aromatic carbocycles. The molecule has 5 heteroatoms. The highest BCUT2D eigenvalue weighted by Gasteiger charge is 2.63. The maximum atomic E-state index is 12.9. The number of carbonyl (C=O) groups excluding carboxylic acids is 1.